The molecule has 6 nitrogen and oxygen atoms in total. The maximum Gasteiger partial charge on any atom is 0.268 e. The molecule has 0 aliphatic carbocycles. The van der Waals surface area contributed by atoms with E-state index in [0.717, 1.165) is 25.2 Å². The minimum Gasteiger partial charge on any atom is -0.384 e. The van der Waals surface area contributed by atoms with Gasteiger partial charge in [-0.25, -0.2) is 0 Å². The molecule has 0 bridgehead atoms. The molecule has 6 heteroatoms. The highest BCUT2D eigenvalue weighted by molar-refractivity contribution is 5.80. The lowest BCUT2D eigenvalue weighted by molar-refractivity contribution is 0.257. The second-order valence-electron chi connectivity index (χ2n) is 6.90. The second kappa shape index (κ2) is 10.3. The van der Waals surface area contributed by atoms with E-state index in [-0.39, 0.29) is 16.9 Å². The first-order chi connectivity index (χ1) is 13.5. The molecule has 1 aromatic heterocycles. The number of H-pyrrole nitrogens is 1. The van der Waals surface area contributed by atoms with Crippen LogP contribution in [0.1, 0.15) is 56.2 Å². The van der Waals surface area contributed by atoms with E-state index in [2.05, 4.69) is 23.7 Å². The van der Waals surface area contributed by atoms with Crippen molar-refractivity contribution in [2.24, 2.45) is 0 Å². The summed E-state index contributed by atoms with van der Waals surface area (Å²) in [6.45, 7) is 7.38. The molecule has 0 saturated heterocycles. The lowest BCUT2D eigenvalue weighted by Crippen LogP contribution is -2.25. The Morgan fingerprint density at radius 2 is 1.57 bits per heavy atom. The normalized spacial score (nSPS) is 10.6. The molecule has 1 heterocycles. The number of aromatic amines is 1. The molecule has 3 N–H and O–H groups in total. The minimum atomic E-state index is -0.580. The van der Waals surface area contributed by atoms with Gasteiger partial charge in [-0.1, -0.05) is 51.0 Å². The molecule has 0 unspecified atom stereocenters. The zero-order valence-corrected chi connectivity index (χ0v) is 16.6. The third-order valence-corrected chi connectivity index (χ3v) is 4.77. The predicted octanol–water partition coefficient (Wildman–Crippen LogP) is 3.77. The molecule has 0 aliphatic heterocycles. The van der Waals surface area contributed by atoms with E-state index < -0.39 is 5.56 Å². The van der Waals surface area contributed by atoms with Gasteiger partial charge in [0.15, 0.2) is 0 Å². The Labute approximate surface area is 166 Å². The summed E-state index contributed by atoms with van der Waals surface area (Å²) in [5.41, 5.74) is 7.34. The Kier molecular flexibility index (Phi) is 7.80. The average Bonchev–Trinajstić information content (AvgIpc) is 2.70. The largest absolute Gasteiger partial charge is 0.384 e. The zero-order valence-electron chi connectivity index (χ0n) is 16.6. The summed E-state index contributed by atoms with van der Waals surface area (Å²) in [7, 11) is 0. The first kappa shape index (κ1) is 21.2. The molecule has 0 atom stereocenters. The third kappa shape index (κ3) is 5.00. The fourth-order valence-corrected chi connectivity index (χ4v) is 3.20. The molecule has 0 radical (unpaired) electrons. The van der Waals surface area contributed by atoms with Gasteiger partial charge in [-0.05, 0) is 37.1 Å². The summed E-state index contributed by atoms with van der Waals surface area (Å²) >= 11 is 0. The highest BCUT2D eigenvalue weighted by Crippen LogP contribution is 2.28. The molecule has 0 fully saturated rings. The Morgan fingerprint density at radius 1 is 1.00 bits per heavy atom. The molecule has 0 saturated carbocycles. The van der Waals surface area contributed by atoms with E-state index in [1.54, 1.807) is 0 Å². The number of nitrogen functional groups attached to an aromatic ring is 1. The zero-order chi connectivity index (χ0) is 20.5. The Hall–Kier alpha value is -3.09. The summed E-state index contributed by atoms with van der Waals surface area (Å²) < 4.78 is 0. The van der Waals surface area contributed by atoms with Crippen LogP contribution in [0.4, 0.5) is 5.82 Å². The van der Waals surface area contributed by atoms with Crippen LogP contribution >= 0.6 is 0 Å². The van der Waals surface area contributed by atoms with Crippen LogP contribution in [0.3, 0.4) is 0 Å². The van der Waals surface area contributed by atoms with Gasteiger partial charge in [0.05, 0.1) is 0 Å². The highest BCUT2D eigenvalue weighted by atomic mass is 16.1. The number of anilines is 1. The van der Waals surface area contributed by atoms with Crippen LogP contribution in [0.2, 0.25) is 0 Å². The van der Waals surface area contributed by atoms with Crippen molar-refractivity contribution in [1.82, 2.24) is 9.88 Å². The van der Waals surface area contributed by atoms with Gasteiger partial charge in [-0.2, -0.15) is 10.5 Å². The van der Waals surface area contributed by atoms with Gasteiger partial charge >= 0.3 is 0 Å². The van der Waals surface area contributed by atoms with Crippen molar-refractivity contribution in [3.8, 4) is 23.3 Å². The van der Waals surface area contributed by atoms with Crippen LogP contribution < -0.4 is 11.3 Å². The van der Waals surface area contributed by atoms with Crippen molar-refractivity contribution in [3.63, 3.8) is 0 Å². The van der Waals surface area contributed by atoms with Crippen molar-refractivity contribution in [3.05, 3.63) is 51.3 Å². The standard InChI is InChI=1S/C22H27N5O/c1-3-5-11-27(12-6-4-2)15-16-7-9-17(10-8-16)20-18(13-23)21(25)26-22(28)19(20)14-24/h7-10H,3-6,11-12,15H2,1-2H3,(H3,25,26,28). The number of aromatic nitrogens is 1. The molecule has 0 amide bonds. The van der Waals surface area contributed by atoms with E-state index >= 15 is 0 Å². The third-order valence-electron chi connectivity index (χ3n) is 4.77. The number of unbranched alkanes of at least 4 members (excludes halogenated alkanes) is 2. The number of pyridine rings is 1. The highest BCUT2D eigenvalue weighted by Gasteiger charge is 2.18. The maximum absolute atomic E-state index is 12.1. The maximum atomic E-state index is 12.1. The molecular formula is C22H27N5O. The number of benzene rings is 1. The number of nitriles is 2. The fraction of sp³-hybridized carbons (Fsp3) is 0.409. The molecule has 2 rings (SSSR count). The number of nitrogens with zero attached hydrogens (tertiary/aromatic N) is 3. The number of nitrogens with one attached hydrogen (secondary N) is 1. The second-order valence-corrected chi connectivity index (χ2v) is 6.90. The van der Waals surface area contributed by atoms with E-state index in [0.29, 0.717) is 11.1 Å². The monoisotopic (exact) mass is 377 g/mol. The molecule has 0 aliphatic rings. The van der Waals surface area contributed by atoms with Crippen LogP contribution in [-0.4, -0.2) is 23.0 Å². The van der Waals surface area contributed by atoms with Crippen molar-refractivity contribution in [2.75, 3.05) is 18.8 Å². The van der Waals surface area contributed by atoms with Crippen molar-refractivity contribution in [1.29, 1.82) is 10.5 Å². The number of rotatable bonds is 9. The van der Waals surface area contributed by atoms with Gasteiger partial charge < -0.3 is 10.7 Å². The number of nitrogens with two attached hydrogens (primary N) is 1. The lowest BCUT2D eigenvalue weighted by Gasteiger charge is -2.22. The first-order valence-electron chi connectivity index (χ1n) is 9.73. The molecule has 1 aromatic carbocycles. The van der Waals surface area contributed by atoms with Gasteiger partial charge in [0.1, 0.15) is 29.1 Å². The van der Waals surface area contributed by atoms with E-state index in [1.807, 2.05) is 36.4 Å². The predicted molar refractivity (Wildman–Crippen MR) is 111 cm³/mol. The van der Waals surface area contributed by atoms with Gasteiger partial charge in [-0.15, -0.1) is 0 Å². The Balaban J connectivity index is 2.34. The minimum absolute atomic E-state index is 0.0177. The van der Waals surface area contributed by atoms with Crippen LogP contribution in [0.15, 0.2) is 29.1 Å². The van der Waals surface area contributed by atoms with Crippen LogP contribution in [0.25, 0.3) is 11.1 Å². The summed E-state index contributed by atoms with van der Waals surface area (Å²) in [5, 5.41) is 18.8. The molecule has 28 heavy (non-hydrogen) atoms. The summed E-state index contributed by atoms with van der Waals surface area (Å²) in [5.74, 6) is -0.0177. The summed E-state index contributed by atoms with van der Waals surface area (Å²) in [6, 6.07) is 11.6. The fourth-order valence-electron chi connectivity index (χ4n) is 3.20. The van der Waals surface area contributed by atoms with E-state index in [1.165, 1.54) is 25.7 Å². The van der Waals surface area contributed by atoms with Crippen molar-refractivity contribution >= 4 is 5.82 Å². The average molecular weight is 377 g/mol. The quantitative estimate of drug-likeness (QED) is 0.691. The molecule has 2 aromatic rings. The number of hydrogen-bond acceptors (Lipinski definition) is 5. The molecule has 0 spiro atoms. The Morgan fingerprint density at radius 3 is 2.07 bits per heavy atom. The van der Waals surface area contributed by atoms with Gasteiger partial charge in [-0.3, -0.25) is 9.69 Å². The van der Waals surface area contributed by atoms with Crippen molar-refractivity contribution < 1.29 is 0 Å². The summed E-state index contributed by atoms with van der Waals surface area (Å²) in [6.07, 6.45) is 4.68. The van der Waals surface area contributed by atoms with Crippen molar-refractivity contribution in [2.45, 2.75) is 46.1 Å². The van der Waals surface area contributed by atoms with Crippen LogP contribution in [-0.2, 0) is 6.54 Å². The molecule has 146 valence electrons. The molecular weight excluding hydrogens is 350 g/mol. The summed E-state index contributed by atoms with van der Waals surface area (Å²) in [4.78, 5) is 16.9. The van der Waals surface area contributed by atoms with E-state index in [4.69, 9.17) is 5.73 Å². The topological polar surface area (TPSA) is 110 Å². The first-order valence-corrected chi connectivity index (χ1v) is 9.73. The number of hydrogen-bond donors (Lipinski definition) is 2. The van der Waals surface area contributed by atoms with E-state index in [9.17, 15) is 15.3 Å². The van der Waals surface area contributed by atoms with Crippen LogP contribution in [0.5, 0.6) is 0 Å². The smallest absolute Gasteiger partial charge is 0.268 e. The van der Waals surface area contributed by atoms with Gasteiger partial charge in [0.2, 0.25) is 0 Å². The van der Waals surface area contributed by atoms with Gasteiger partial charge in [0.25, 0.3) is 5.56 Å². The SMILES string of the molecule is CCCCN(CCCC)Cc1ccc(-c2c(C#N)c(N)[nH]c(=O)c2C#N)cc1. The van der Waals surface area contributed by atoms with Crippen LogP contribution in [0, 0.1) is 22.7 Å². The Bertz CT molecular complexity index is 924. The van der Waals surface area contributed by atoms with Gasteiger partial charge in [0, 0.05) is 12.1 Å². The lowest BCUT2D eigenvalue weighted by atomic mass is 9.96.